The van der Waals surface area contributed by atoms with Gasteiger partial charge in [-0.15, -0.1) is 5.11 Å². The fourth-order valence-corrected chi connectivity index (χ4v) is 2.01. The third kappa shape index (κ3) is 3.66. The molecule has 0 amide bonds. The highest BCUT2D eigenvalue weighted by molar-refractivity contribution is 6.32. The summed E-state index contributed by atoms with van der Waals surface area (Å²) >= 11 is 0. The lowest BCUT2D eigenvalue weighted by Crippen LogP contribution is -2.39. The molecule has 0 aromatic heterocycles. The van der Waals surface area contributed by atoms with Crippen molar-refractivity contribution in [3.8, 4) is 0 Å². The molecule has 0 bridgehead atoms. The Bertz CT molecular complexity index is 440. The summed E-state index contributed by atoms with van der Waals surface area (Å²) in [5.41, 5.74) is 4.90. The van der Waals surface area contributed by atoms with Gasteiger partial charge in [-0.2, -0.15) is 0 Å². The molecular weight excluding hydrogens is 225 g/mol. The van der Waals surface area contributed by atoms with Crippen LogP contribution in [0.25, 0.3) is 0 Å². The Morgan fingerprint density at radius 3 is 3.06 bits per heavy atom. The van der Waals surface area contributed by atoms with Gasteiger partial charge in [-0.25, -0.2) is 0 Å². The van der Waals surface area contributed by atoms with E-state index < -0.39 is 0 Å². The van der Waals surface area contributed by atoms with Gasteiger partial charge in [-0.1, -0.05) is 29.2 Å². The molecule has 2 rings (SSSR count). The molecule has 5 nitrogen and oxygen atoms in total. The number of anilines is 1. The van der Waals surface area contributed by atoms with E-state index in [0.717, 1.165) is 25.1 Å². The minimum Gasteiger partial charge on any atom is -0.307 e. The number of hydrogen-bond donors (Lipinski definition) is 3. The average Bonchev–Trinajstić information content (AvgIpc) is 2.40. The summed E-state index contributed by atoms with van der Waals surface area (Å²) in [4.78, 5) is 0. The summed E-state index contributed by atoms with van der Waals surface area (Å²) in [5.74, 6) is 0.301. The van der Waals surface area contributed by atoms with Crippen molar-refractivity contribution < 1.29 is 0 Å². The monoisotopic (exact) mass is 243 g/mol. The molecule has 6 heteroatoms. The van der Waals surface area contributed by atoms with Crippen molar-refractivity contribution in [1.29, 1.82) is 5.41 Å². The van der Waals surface area contributed by atoms with Crippen molar-refractivity contribution in [3.05, 3.63) is 24.3 Å². The fourth-order valence-electron chi connectivity index (χ4n) is 2.01. The molecule has 1 aromatic rings. The molecule has 1 fully saturated rings. The predicted molar refractivity (Wildman–Crippen MR) is 76.5 cm³/mol. The normalized spacial score (nSPS) is 19.9. The van der Waals surface area contributed by atoms with Gasteiger partial charge in [0.15, 0.2) is 5.84 Å². The lowest BCUT2D eigenvalue weighted by molar-refractivity contribution is 0.468. The van der Waals surface area contributed by atoms with E-state index in [4.69, 9.17) is 5.41 Å². The van der Waals surface area contributed by atoms with E-state index in [0.29, 0.717) is 5.84 Å². The molecule has 1 aromatic carbocycles. The summed E-state index contributed by atoms with van der Waals surface area (Å²) in [6.07, 6.45) is 3.31. The molecule has 18 heavy (non-hydrogen) atoms. The highest BCUT2D eigenvalue weighted by Gasteiger charge is 2.16. The van der Waals surface area contributed by atoms with Crippen molar-refractivity contribution in [3.63, 3.8) is 0 Å². The third-order valence-electron chi connectivity index (χ3n) is 3.00. The molecule has 0 saturated carbocycles. The number of benzene rings is 1. The van der Waals surface area contributed by atoms with Crippen LogP contribution in [0.2, 0.25) is 0 Å². The Balaban J connectivity index is 1.85. The van der Waals surface area contributed by atoms with Crippen LogP contribution in [0.4, 0.5) is 5.69 Å². The molecule has 1 heterocycles. The first-order valence-corrected chi connectivity index (χ1v) is 6.31. The first-order chi connectivity index (χ1) is 8.75. The minimum atomic E-state index is 0.0572. The second-order valence-electron chi connectivity index (χ2n) is 4.57. The fraction of sp³-hybridized carbons (Fsp3) is 0.417. The average molecular weight is 243 g/mol. The molecule has 1 unspecified atom stereocenters. The van der Waals surface area contributed by atoms with Crippen LogP contribution in [-0.4, -0.2) is 26.3 Å². The van der Waals surface area contributed by atoms with Crippen molar-refractivity contribution in [2.75, 3.05) is 12.0 Å². The van der Waals surface area contributed by atoms with Crippen molar-refractivity contribution in [1.82, 2.24) is 5.32 Å². The number of nitrogens with zero attached hydrogens (tertiary/aromatic N) is 2. The maximum Gasteiger partial charge on any atom is 0.162 e. The lowest BCUT2D eigenvalue weighted by atomic mass is 9.96. The Hall–Kier alpha value is -1.69. The van der Waals surface area contributed by atoms with Gasteiger partial charge < -0.3 is 5.32 Å². The molecule has 1 atom stereocenters. The smallest absolute Gasteiger partial charge is 0.162 e. The van der Waals surface area contributed by atoms with E-state index in [-0.39, 0.29) is 6.04 Å². The minimum absolute atomic E-state index is 0.0572. The molecule has 0 aliphatic carbocycles. The number of piperidine rings is 1. The van der Waals surface area contributed by atoms with Crippen LogP contribution < -0.4 is 16.2 Å². The zero-order chi connectivity index (χ0) is 12.8. The number of amidine groups is 1. The van der Waals surface area contributed by atoms with E-state index in [1.54, 1.807) is 0 Å². The Morgan fingerprint density at radius 2 is 2.33 bits per heavy atom. The van der Waals surface area contributed by atoms with Gasteiger partial charge in [0, 0.05) is 0 Å². The van der Waals surface area contributed by atoms with Crippen LogP contribution in [0.3, 0.4) is 0 Å². The highest BCUT2D eigenvalue weighted by atomic mass is 15.4. The van der Waals surface area contributed by atoms with Gasteiger partial charge in [0.1, 0.15) is 7.85 Å². The van der Waals surface area contributed by atoms with Gasteiger partial charge in [-0.3, -0.25) is 10.8 Å². The second kappa shape index (κ2) is 6.30. The van der Waals surface area contributed by atoms with Gasteiger partial charge in [0.05, 0.1) is 11.7 Å². The highest BCUT2D eigenvalue weighted by Crippen LogP contribution is 2.09. The third-order valence-corrected chi connectivity index (χ3v) is 3.00. The van der Waals surface area contributed by atoms with Gasteiger partial charge in [-0.05, 0) is 31.5 Å². The first-order valence-electron chi connectivity index (χ1n) is 6.31. The maximum atomic E-state index is 7.83. The summed E-state index contributed by atoms with van der Waals surface area (Å²) in [6, 6.07) is 7.95. The van der Waals surface area contributed by atoms with Crippen molar-refractivity contribution in [2.24, 2.45) is 10.3 Å². The van der Waals surface area contributed by atoms with Crippen LogP contribution in [0.15, 0.2) is 34.6 Å². The number of hydrogen-bond acceptors (Lipinski definition) is 3. The molecule has 94 valence electrons. The van der Waals surface area contributed by atoms with Crippen LogP contribution in [0.5, 0.6) is 0 Å². The van der Waals surface area contributed by atoms with Crippen molar-refractivity contribution >= 4 is 24.8 Å². The van der Waals surface area contributed by atoms with Crippen LogP contribution >= 0.6 is 0 Å². The van der Waals surface area contributed by atoms with Gasteiger partial charge in [0.2, 0.25) is 0 Å². The van der Waals surface area contributed by atoms with Crippen LogP contribution in [0, 0.1) is 5.41 Å². The van der Waals surface area contributed by atoms with Crippen LogP contribution in [0.1, 0.15) is 19.3 Å². The Kier molecular flexibility index (Phi) is 4.47. The number of rotatable bonds is 3. The van der Waals surface area contributed by atoms with E-state index in [1.807, 2.05) is 32.1 Å². The number of nitrogens with one attached hydrogen (secondary N) is 3. The predicted octanol–water partition coefficient (Wildman–Crippen LogP) is 0.843. The van der Waals surface area contributed by atoms with E-state index in [2.05, 4.69) is 21.1 Å². The van der Waals surface area contributed by atoms with Gasteiger partial charge >= 0.3 is 0 Å². The quantitative estimate of drug-likeness (QED) is 0.242. The van der Waals surface area contributed by atoms with Crippen molar-refractivity contribution in [2.45, 2.75) is 25.3 Å². The zero-order valence-corrected chi connectivity index (χ0v) is 10.6. The maximum absolute atomic E-state index is 7.83. The molecule has 0 radical (unpaired) electrons. The van der Waals surface area contributed by atoms with E-state index in [9.17, 15) is 0 Å². The first kappa shape index (κ1) is 12.8. The summed E-state index contributed by atoms with van der Waals surface area (Å²) < 4.78 is 0. The van der Waals surface area contributed by atoms with Crippen LogP contribution in [-0.2, 0) is 0 Å². The van der Waals surface area contributed by atoms with Gasteiger partial charge in [0.25, 0.3) is 0 Å². The topological polar surface area (TPSA) is 72.6 Å². The molecule has 1 saturated heterocycles. The molecular formula is C12H18BN5. The molecule has 3 N–H and O–H groups in total. The Labute approximate surface area is 108 Å². The van der Waals surface area contributed by atoms with E-state index >= 15 is 0 Å². The summed E-state index contributed by atoms with van der Waals surface area (Å²) in [6.45, 7) is 0.966. The largest absolute Gasteiger partial charge is 0.307 e. The second-order valence-corrected chi connectivity index (χ2v) is 4.57. The molecule has 0 spiro atoms. The lowest BCUT2D eigenvalue weighted by Gasteiger charge is -2.21. The summed E-state index contributed by atoms with van der Waals surface area (Å²) in [5, 5.41) is 18.9. The Morgan fingerprint density at radius 1 is 1.44 bits per heavy atom. The van der Waals surface area contributed by atoms with E-state index in [1.165, 1.54) is 11.9 Å². The summed E-state index contributed by atoms with van der Waals surface area (Å²) in [7, 11) is 2.02. The molecule has 1 aliphatic rings. The SMILES string of the molecule is Bc1cccc(N/N=N\C(=N)C2CCCCN2)c1. The molecule has 1 aliphatic heterocycles. The standard InChI is InChI=1S/C12H18BN5/c13-9-4-3-5-10(8-9)16-18-17-12(14)11-6-1-2-7-15-11/h3-5,8,11,15H,1-2,6-7,13H2,(H2,14,16,17). The zero-order valence-electron chi connectivity index (χ0n) is 10.6.